The Morgan fingerprint density at radius 3 is 2.56 bits per heavy atom. The van der Waals surface area contributed by atoms with E-state index in [9.17, 15) is 4.79 Å². The molecule has 5 rings (SSSR count). The number of amides is 1. The minimum Gasteiger partial charge on any atom is -0.334 e. The van der Waals surface area contributed by atoms with Gasteiger partial charge in [-0.15, -0.1) is 0 Å². The van der Waals surface area contributed by atoms with Crippen molar-refractivity contribution < 1.29 is 4.79 Å². The summed E-state index contributed by atoms with van der Waals surface area (Å²) in [4.78, 5) is 23.8. The van der Waals surface area contributed by atoms with Crippen molar-refractivity contribution in [2.24, 2.45) is 0 Å². The van der Waals surface area contributed by atoms with Crippen LogP contribution in [0, 0.1) is 13.8 Å². The Kier molecular flexibility index (Phi) is 3.77. The number of nitrogens with zero attached hydrogens (tertiary/aromatic N) is 6. The number of carbonyl (C=O) groups is 1. The molecule has 1 saturated heterocycles. The molecule has 1 aliphatic carbocycles. The average Bonchev–Trinajstić information content (AvgIpc) is 3.33. The van der Waals surface area contributed by atoms with Crippen LogP contribution in [0.5, 0.6) is 0 Å². The number of likely N-dealkylation sites (tertiary alicyclic amines) is 1. The van der Waals surface area contributed by atoms with Crippen LogP contribution in [-0.4, -0.2) is 48.2 Å². The largest absolute Gasteiger partial charge is 0.334 e. The van der Waals surface area contributed by atoms with Crippen LogP contribution >= 0.6 is 0 Å². The fraction of sp³-hybridized carbons (Fsp3) is 0.500. The topological polar surface area (TPSA) is 68.8 Å². The van der Waals surface area contributed by atoms with Gasteiger partial charge in [-0.25, -0.2) is 9.97 Å². The molecule has 1 aliphatic heterocycles. The highest BCUT2D eigenvalue weighted by Crippen LogP contribution is 2.32. The standard InChI is InChI=1S/C20H24N6O/c1-13-7-14(2)26(23-13)17-10-24(11-17)20(27)15-8-18-19(21-9-15)25(12-22-18)16-5-3-4-6-16/h7-9,12,16-17H,3-6,10-11H2,1-2H3. The lowest BCUT2D eigenvalue weighted by atomic mass is 10.1. The first-order valence-electron chi connectivity index (χ1n) is 9.75. The van der Waals surface area contributed by atoms with Crippen molar-refractivity contribution >= 4 is 17.1 Å². The van der Waals surface area contributed by atoms with Crippen molar-refractivity contribution in [2.45, 2.75) is 51.6 Å². The SMILES string of the molecule is Cc1cc(C)n(C2CN(C(=O)c3cnc4c(c3)ncn4C3CCCC3)C2)n1. The van der Waals surface area contributed by atoms with Crippen LogP contribution in [0.3, 0.4) is 0 Å². The smallest absolute Gasteiger partial charge is 0.255 e. The normalized spacial score (nSPS) is 18.4. The summed E-state index contributed by atoms with van der Waals surface area (Å²) in [5.41, 5.74) is 4.48. The minimum absolute atomic E-state index is 0.0256. The second-order valence-corrected chi connectivity index (χ2v) is 7.89. The number of pyridine rings is 1. The van der Waals surface area contributed by atoms with Crippen molar-refractivity contribution in [3.8, 4) is 0 Å². The summed E-state index contributed by atoms with van der Waals surface area (Å²) in [5.74, 6) is 0.0256. The van der Waals surface area contributed by atoms with Gasteiger partial charge < -0.3 is 9.47 Å². The molecule has 2 fully saturated rings. The van der Waals surface area contributed by atoms with E-state index in [0.717, 1.165) is 22.6 Å². The van der Waals surface area contributed by atoms with Gasteiger partial charge in [0.15, 0.2) is 5.65 Å². The predicted octanol–water partition coefficient (Wildman–Crippen LogP) is 3.06. The van der Waals surface area contributed by atoms with Crippen LogP contribution in [0.1, 0.15) is 59.5 Å². The van der Waals surface area contributed by atoms with Crippen LogP contribution in [0.15, 0.2) is 24.7 Å². The van der Waals surface area contributed by atoms with Gasteiger partial charge in [0.2, 0.25) is 0 Å². The lowest BCUT2D eigenvalue weighted by molar-refractivity contribution is 0.0497. The third kappa shape index (κ3) is 2.72. The number of hydrogen-bond acceptors (Lipinski definition) is 4. The van der Waals surface area contributed by atoms with Gasteiger partial charge in [0.05, 0.1) is 23.6 Å². The summed E-state index contributed by atoms with van der Waals surface area (Å²) in [6, 6.07) is 4.72. The van der Waals surface area contributed by atoms with Gasteiger partial charge >= 0.3 is 0 Å². The average molecular weight is 364 g/mol. The molecule has 0 bridgehead atoms. The maximum atomic E-state index is 12.8. The zero-order valence-corrected chi connectivity index (χ0v) is 15.8. The number of fused-ring (bicyclic) bond motifs is 1. The molecule has 1 saturated carbocycles. The molecule has 0 N–H and O–H groups in total. The number of aryl methyl sites for hydroxylation is 2. The zero-order chi connectivity index (χ0) is 18.5. The molecular formula is C20H24N6O. The van der Waals surface area contributed by atoms with Crippen LogP contribution in [0.4, 0.5) is 0 Å². The molecular weight excluding hydrogens is 340 g/mol. The summed E-state index contributed by atoms with van der Waals surface area (Å²) < 4.78 is 4.21. The molecule has 4 heterocycles. The second kappa shape index (κ2) is 6.18. The van der Waals surface area contributed by atoms with E-state index >= 15 is 0 Å². The first-order chi connectivity index (χ1) is 13.1. The summed E-state index contributed by atoms with van der Waals surface area (Å²) in [7, 11) is 0. The number of rotatable bonds is 3. The lowest BCUT2D eigenvalue weighted by Crippen LogP contribution is -2.51. The quantitative estimate of drug-likeness (QED) is 0.716. The number of carbonyl (C=O) groups excluding carboxylic acids is 1. The Morgan fingerprint density at radius 1 is 1.07 bits per heavy atom. The molecule has 7 nitrogen and oxygen atoms in total. The van der Waals surface area contributed by atoms with Crippen LogP contribution in [0.25, 0.3) is 11.2 Å². The van der Waals surface area contributed by atoms with E-state index in [1.165, 1.54) is 25.7 Å². The highest BCUT2D eigenvalue weighted by molar-refractivity contribution is 5.96. The predicted molar refractivity (Wildman–Crippen MR) is 102 cm³/mol. The summed E-state index contributed by atoms with van der Waals surface area (Å²) >= 11 is 0. The van der Waals surface area contributed by atoms with E-state index in [1.807, 2.05) is 28.9 Å². The molecule has 140 valence electrons. The van der Waals surface area contributed by atoms with Crippen molar-refractivity contribution in [2.75, 3.05) is 13.1 Å². The van der Waals surface area contributed by atoms with Crippen molar-refractivity contribution in [3.63, 3.8) is 0 Å². The zero-order valence-electron chi connectivity index (χ0n) is 15.8. The van der Waals surface area contributed by atoms with Gasteiger partial charge in [-0.1, -0.05) is 12.8 Å². The van der Waals surface area contributed by atoms with E-state index < -0.39 is 0 Å². The molecule has 0 atom stereocenters. The van der Waals surface area contributed by atoms with E-state index in [-0.39, 0.29) is 11.9 Å². The fourth-order valence-electron chi connectivity index (χ4n) is 4.46. The molecule has 27 heavy (non-hydrogen) atoms. The Balaban J connectivity index is 1.32. The summed E-state index contributed by atoms with van der Waals surface area (Å²) in [6.07, 6.45) is 8.50. The molecule has 0 radical (unpaired) electrons. The van der Waals surface area contributed by atoms with Gasteiger partial charge in [-0.3, -0.25) is 9.48 Å². The minimum atomic E-state index is 0.0256. The van der Waals surface area contributed by atoms with E-state index in [2.05, 4.69) is 32.6 Å². The van der Waals surface area contributed by atoms with E-state index in [0.29, 0.717) is 24.7 Å². The Bertz CT molecular complexity index is 1010. The highest BCUT2D eigenvalue weighted by atomic mass is 16.2. The Hall–Kier alpha value is -2.70. The second-order valence-electron chi connectivity index (χ2n) is 7.89. The Morgan fingerprint density at radius 2 is 1.85 bits per heavy atom. The lowest BCUT2D eigenvalue weighted by Gasteiger charge is -2.39. The van der Waals surface area contributed by atoms with Gasteiger partial charge in [0, 0.05) is 31.0 Å². The third-order valence-electron chi connectivity index (χ3n) is 5.92. The first-order valence-corrected chi connectivity index (χ1v) is 9.75. The molecule has 0 aromatic carbocycles. The van der Waals surface area contributed by atoms with Crippen molar-refractivity contribution in [1.29, 1.82) is 0 Å². The molecule has 3 aromatic heterocycles. The van der Waals surface area contributed by atoms with Gasteiger partial charge in [-0.05, 0) is 38.8 Å². The summed E-state index contributed by atoms with van der Waals surface area (Å²) in [6.45, 7) is 5.43. The van der Waals surface area contributed by atoms with Gasteiger partial charge in [-0.2, -0.15) is 5.10 Å². The first kappa shape index (κ1) is 16.5. The van der Waals surface area contributed by atoms with Crippen molar-refractivity contribution in [1.82, 2.24) is 29.2 Å². The third-order valence-corrected chi connectivity index (χ3v) is 5.92. The number of imidazole rings is 1. The maximum Gasteiger partial charge on any atom is 0.255 e. The van der Waals surface area contributed by atoms with E-state index in [4.69, 9.17) is 0 Å². The Labute approximate surface area is 158 Å². The number of hydrogen-bond donors (Lipinski definition) is 0. The molecule has 0 unspecified atom stereocenters. The van der Waals surface area contributed by atoms with Gasteiger partial charge in [0.25, 0.3) is 5.91 Å². The fourth-order valence-corrected chi connectivity index (χ4v) is 4.46. The van der Waals surface area contributed by atoms with Crippen LogP contribution in [0.2, 0.25) is 0 Å². The van der Waals surface area contributed by atoms with Gasteiger partial charge in [0.1, 0.15) is 5.52 Å². The molecule has 2 aliphatic rings. The van der Waals surface area contributed by atoms with Crippen LogP contribution in [-0.2, 0) is 0 Å². The molecule has 0 spiro atoms. The molecule has 1 amide bonds. The maximum absolute atomic E-state index is 12.8. The number of aromatic nitrogens is 5. The van der Waals surface area contributed by atoms with Crippen LogP contribution < -0.4 is 0 Å². The molecule has 3 aromatic rings. The van der Waals surface area contributed by atoms with Crippen molar-refractivity contribution in [3.05, 3.63) is 41.6 Å². The highest BCUT2D eigenvalue weighted by Gasteiger charge is 2.34. The summed E-state index contributed by atoms with van der Waals surface area (Å²) in [5, 5.41) is 4.53. The molecule has 7 heteroatoms. The van der Waals surface area contributed by atoms with E-state index in [1.54, 1.807) is 6.20 Å². The monoisotopic (exact) mass is 364 g/mol.